The number of para-hydroxylation sites is 1. The minimum absolute atomic E-state index is 0.0755. The Labute approximate surface area is 124 Å². The number of nitrogens with zero attached hydrogens (tertiary/aromatic N) is 2. The lowest BCUT2D eigenvalue weighted by molar-refractivity contribution is 0.116. The van der Waals surface area contributed by atoms with E-state index in [1.54, 1.807) is 0 Å². The molecule has 0 amide bonds. The maximum atomic E-state index is 10.2. The molecule has 2 unspecified atom stereocenters. The Bertz CT molecular complexity index is 616. The van der Waals surface area contributed by atoms with E-state index >= 15 is 0 Å². The van der Waals surface area contributed by atoms with Gasteiger partial charge in [-0.05, 0) is 31.9 Å². The molecule has 5 nitrogen and oxygen atoms in total. The molecule has 5 heteroatoms. The quantitative estimate of drug-likeness (QED) is 0.806. The minimum Gasteiger partial charge on any atom is -0.391 e. The molecule has 1 heterocycles. The fourth-order valence-corrected chi connectivity index (χ4v) is 2.88. The van der Waals surface area contributed by atoms with Gasteiger partial charge in [0.25, 0.3) is 0 Å². The number of hydrogen-bond donors (Lipinski definition) is 3. The average molecular weight is 286 g/mol. The first-order valence-electron chi connectivity index (χ1n) is 7.73. The topological polar surface area (TPSA) is 70.1 Å². The maximum absolute atomic E-state index is 10.2. The fourth-order valence-electron chi connectivity index (χ4n) is 2.88. The fraction of sp³-hybridized carbons (Fsp3) is 0.500. The summed E-state index contributed by atoms with van der Waals surface area (Å²) in [6, 6.07) is 8.04. The maximum Gasteiger partial charge on any atom is 0.225 e. The van der Waals surface area contributed by atoms with Crippen LogP contribution in [0.1, 0.15) is 32.6 Å². The molecule has 0 radical (unpaired) electrons. The molecule has 1 aliphatic carbocycles. The highest BCUT2D eigenvalue weighted by Gasteiger charge is 2.24. The van der Waals surface area contributed by atoms with Gasteiger partial charge in [-0.1, -0.05) is 25.0 Å². The first-order valence-corrected chi connectivity index (χ1v) is 7.73. The summed E-state index contributed by atoms with van der Waals surface area (Å²) in [6.45, 7) is 2.81. The lowest BCUT2D eigenvalue weighted by Gasteiger charge is -2.29. The average Bonchev–Trinajstić information content (AvgIpc) is 2.50. The molecule has 1 aromatic carbocycles. The lowest BCUT2D eigenvalue weighted by Crippen LogP contribution is -2.36. The van der Waals surface area contributed by atoms with Crippen molar-refractivity contribution in [3.63, 3.8) is 0 Å². The summed E-state index contributed by atoms with van der Waals surface area (Å²) in [5.74, 6) is 1.44. The van der Waals surface area contributed by atoms with Crippen LogP contribution in [0.4, 0.5) is 11.8 Å². The van der Waals surface area contributed by atoms with Crippen molar-refractivity contribution in [2.24, 2.45) is 0 Å². The molecule has 0 saturated heterocycles. The normalized spacial score (nSPS) is 22.2. The van der Waals surface area contributed by atoms with Crippen molar-refractivity contribution in [1.29, 1.82) is 0 Å². The van der Waals surface area contributed by atoms with E-state index in [1.165, 1.54) is 0 Å². The van der Waals surface area contributed by atoms with Crippen molar-refractivity contribution >= 4 is 22.7 Å². The van der Waals surface area contributed by atoms with Crippen LogP contribution >= 0.6 is 0 Å². The summed E-state index contributed by atoms with van der Waals surface area (Å²) in [4.78, 5) is 9.09. The third-order valence-corrected chi connectivity index (χ3v) is 3.99. The molecule has 21 heavy (non-hydrogen) atoms. The van der Waals surface area contributed by atoms with Gasteiger partial charge in [-0.25, -0.2) is 4.98 Å². The number of hydrogen-bond acceptors (Lipinski definition) is 5. The standard InChI is InChI=1S/C16H22N4O/c1-2-17-16-19-12-8-4-3-7-11(12)15(20-16)18-13-9-5-6-10-14(13)21/h3-4,7-8,13-14,21H,2,5-6,9-10H2,1H3,(H2,17,18,19,20). The van der Waals surface area contributed by atoms with Crippen LogP contribution in [-0.4, -0.2) is 33.8 Å². The molecule has 112 valence electrons. The molecule has 2 atom stereocenters. The molecule has 2 aromatic rings. The number of rotatable bonds is 4. The summed E-state index contributed by atoms with van der Waals surface area (Å²) < 4.78 is 0. The van der Waals surface area contributed by atoms with Gasteiger partial charge in [0.15, 0.2) is 0 Å². The largest absolute Gasteiger partial charge is 0.391 e. The Kier molecular flexibility index (Phi) is 4.20. The molecule has 1 fully saturated rings. The van der Waals surface area contributed by atoms with Crippen molar-refractivity contribution in [3.05, 3.63) is 24.3 Å². The molecule has 3 rings (SSSR count). The zero-order valence-electron chi connectivity index (χ0n) is 12.3. The van der Waals surface area contributed by atoms with E-state index < -0.39 is 0 Å². The highest BCUT2D eigenvalue weighted by atomic mass is 16.3. The Balaban J connectivity index is 1.95. The van der Waals surface area contributed by atoms with Gasteiger partial charge in [-0.3, -0.25) is 0 Å². The van der Waals surface area contributed by atoms with Crippen LogP contribution in [0.5, 0.6) is 0 Å². The van der Waals surface area contributed by atoms with Gasteiger partial charge in [0.1, 0.15) is 5.82 Å². The zero-order chi connectivity index (χ0) is 14.7. The van der Waals surface area contributed by atoms with Gasteiger partial charge in [0.05, 0.1) is 17.7 Å². The van der Waals surface area contributed by atoms with Gasteiger partial charge in [-0.2, -0.15) is 4.98 Å². The molecule has 3 N–H and O–H groups in total. The zero-order valence-corrected chi connectivity index (χ0v) is 12.3. The van der Waals surface area contributed by atoms with E-state index in [-0.39, 0.29) is 12.1 Å². The van der Waals surface area contributed by atoms with Crippen LogP contribution in [0, 0.1) is 0 Å². The van der Waals surface area contributed by atoms with E-state index in [1.807, 2.05) is 31.2 Å². The summed E-state index contributed by atoms with van der Waals surface area (Å²) in [5.41, 5.74) is 0.913. The highest BCUT2D eigenvalue weighted by Crippen LogP contribution is 2.26. The van der Waals surface area contributed by atoms with Crippen LogP contribution in [0.25, 0.3) is 10.9 Å². The van der Waals surface area contributed by atoms with E-state index in [9.17, 15) is 5.11 Å². The lowest BCUT2D eigenvalue weighted by atomic mass is 9.92. The molecular weight excluding hydrogens is 264 g/mol. The van der Waals surface area contributed by atoms with Gasteiger partial charge in [0.2, 0.25) is 5.95 Å². The van der Waals surface area contributed by atoms with Gasteiger partial charge < -0.3 is 15.7 Å². The predicted molar refractivity (Wildman–Crippen MR) is 85.6 cm³/mol. The van der Waals surface area contributed by atoms with Crippen molar-refractivity contribution in [2.45, 2.75) is 44.8 Å². The van der Waals surface area contributed by atoms with Gasteiger partial charge in [-0.15, -0.1) is 0 Å². The third kappa shape index (κ3) is 3.08. The molecule has 1 aromatic heterocycles. The molecule has 1 aliphatic rings. The summed E-state index contributed by atoms with van der Waals surface area (Å²) >= 11 is 0. The Morgan fingerprint density at radius 3 is 2.81 bits per heavy atom. The van der Waals surface area contributed by atoms with Crippen LogP contribution in [0.3, 0.4) is 0 Å². The van der Waals surface area contributed by atoms with Crippen LogP contribution < -0.4 is 10.6 Å². The van der Waals surface area contributed by atoms with Crippen LogP contribution in [0.2, 0.25) is 0 Å². The van der Waals surface area contributed by atoms with Crippen LogP contribution in [0.15, 0.2) is 24.3 Å². The molecule has 0 spiro atoms. The van der Waals surface area contributed by atoms with Gasteiger partial charge >= 0.3 is 0 Å². The van der Waals surface area contributed by atoms with E-state index in [2.05, 4.69) is 20.6 Å². The molecular formula is C16H22N4O. The monoisotopic (exact) mass is 286 g/mol. The van der Waals surface area contributed by atoms with Crippen molar-refractivity contribution < 1.29 is 5.11 Å². The van der Waals surface area contributed by atoms with E-state index in [0.717, 1.165) is 48.9 Å². The van der Waals surface area contributed by atoms with Crippen molar-refractivity contribution in [2.75, 3.05) is 17.2 Å². The number of benzene rings is 1. The molecule has 0 bridgehead atoms. The first-order chi connectivity index (χ1) is 10.3. The number of anilines is 2. The third-order valence-electron chi connectivity index (χ3n) is 3.99. The highest BCUT2D eigenvalue weighted by molar-refractivity contribution is 5.90. The van der Waals surface area contributed by atoms with Crippen molar-refractivity contribution in [3.8, 4) is 0 Å². The second-order valence-electron chi connectivity index (χ2n) is 5.55. The van der Waals surface area contributed by atoms with E-state index in [0.29, 0.717) is 5.95 Å². The number of aliphatic hydroxyl groups excluding tert-OH is 1. The SMILES string of the molecule is CCNc1nc(NC2CCCCC2O)c2ccccc2n1. The number of aliphatic hydroxyl groups is 1. The first kappa shape index (κ1) is 14.1. The van der Waals surface area contributed by atoms with Gasteiger partial charge in [0, 0.05) is 11.9 Å². The van der Waals surface area contributed by atoms with Crippen molar-refractivity contribution in [1.82, 2.24) is 9.97 Å². The smallest absolute Gasteiger partial charge is 0.225 e. The summed E-state index contributed by atoms with van der Waals surface area (Å²) in [5, 5.41) is 17.7. The van der Waals surface area contributed by atoms with Crippen LogP contribution in [-0.2, 0) is 0 Å². The number of aromatic nitrogens is 2. The summed E-state index contributed by atoms with van der Waals surface area (Å²) in [6.07, 6.45) is 3.80. The molecule has 0 aliphatic heterocycles. The second-order valence-corrected chi connectivity index (χ2v) is 5.55. The second kappa shape index (κ2) is 6.26. The Morgan fingerprint density at radius 1 is 1.19 bits per heavy atom. The predicted octanol–water partition coefficient (Wildman–Crippen LogP) is 2.78. The molecule has 1 saturated carbocycles. The Hall–Kier alpha value is -1.88. The number of fused-ring (bicyclic) bond motifs is 1. The summed E-state index contributed by atoms with van der Waals surface area (Å²) in [7, 11) is 0. The number of nitrogens with one attached hydrogen (secondary N) is 2. The Morgan fingerprint density at radius 2 is 2.00 bits per heavy atom. The minimum atomic E-state index is -0.296. The van der Waals surface area contributed by atoms with E-state index in [4.69, 9.17) is 0 Å².